The maximum Gasteiger partial charge on any atom is 0.254 e. The number of aromatic nitrogens is 1. The predicted molar refractivity (Wildman–Crippen MR) is 106 cm³/mol. The average molecular weight is 390 g/mol. The van der Waals surface area contributed by atoms with E-state index in [4.69, 9.17) is 15.2 Å². The summed E-state index contributed by atoms with van der Waals surface area (Å²) in [4.78, 5) is 19.3. The fraction of sp³-hybridized carbons (Fsp3) is 0.500. The van der Waals surface area contributed by atoms with Crippen molar-refractivity contribution in [3.05, 3.63) is 39.8 Å². The van der Waals surface area contributed by atoms with Gasteiger partial charge in [0.15, 0.2) is 11.5 Å². The van der Waals surface area contributed by atoms with Gasteiger partial charge in [-0.15, -0.1) is 11.3 Å². The zero-order chi connectivity index (χ0) is 19.4. The first kappa shape index (κ1) is 19.6. The van der Waals surface area contributed by atoms with Crippen LogP contribution in [0.5, 0.6) is 11.5 Å². The normalized spacial score (nSPS) is 19.8. The molecule has 1 aliphatic rings. The summed E-state index contributed by atoms with van der Waals surface area (Å²) >= 11 is 1.59. The highest BCUT2D eigenvalue weighted by atomic mass is 32.1. The molecule has 1 aromatic heterocycles. The zero-order valence-corrected chi connectivity index (χ0v) is 16.9. The molecular weight excluding hydrogens is 362 g/mol. The number of piperidine rings is 1. The smallest absolute Gasteiger partial charge is 0.254 e. The molecule has 0 radical (unpaired) electrons. The lowest BCUT2D eigenvalue weighted by Gasteiger charge is -2.39. The Balaban J connectivity index is 1.75. The van der Waals surface area contributed by atoms with Crippen LogP contribution in [0.15, 0.2) is 23.6 Å². The number of nitrogens with zero attached hydrogens (tertiary/aromatic N) is 2. The fourth-order valence-corrected chi connectivity index (χ4v) is 4.17. The first-order chi connectivity index (χ1) is 13.0. The maximum atomic E-state index is 13.0. The number of carbonyl (C=O) groups is 1. The molecule has 1 aliphatic heterocycles. The Kier molecular flexibility index (Phi) is 6.34. The Bertz CT molecular complexity index is 793. The van der Waals surface area contributed by atoms with E-state index in [-0.39, 0.29) is 11.9 Å². The number of likely N-dealkylation sites (tertiary alicyclic amines) is 1. The fourth-order valence-electron chi connectivity index (χ4n) is 3.57. The molecule has 146 valence electrons. The molecule has 0 aliphatic carbocycles. The van der Waals surface area contributed by atoms with E-state index in [0.717, 1.165) is 30.1 Å². The van der Waals surface area contributed by atoms with Crippen LogP contribution < -0.4 is 15.2 Å². The molecule has 2 unspecified atom stereocenters. The number of rotatable bonds is 6. The molecule has 2 heterocycles. The van der Waals surface area contributed by atoms with Crippen LogP contribution in [-0.4, -0.2) is 42.0 Å². The molecule has 0 bridgehead atoms. The van der Waals surface area contributed by atoms with Gasteiger partial charge >= 0.3 is 0 Å². The Labute approximate surface area is 164 Å². The van der Waals surface area contributed by atoms with Gasteiger partial charge in [-0.25, -0.2) is 4.98 Å². The Morgan fingerprint density at radius 1 is 1.41 bits per heavy atom. The van der Waals surface area contributed by atoms with E-state index >= 15 is 0 Å². The summed E-state index contributed by atoms with van der Waals surface area (Å²) in [6.45, 7) is 5.72. The van der Waals surface area contributed by atoms with Crippen molar-refractivity contribution in [2.75, 3.05) is 20.2 Å². The number of nitrogens with two attached hydrogens (primary N) is 1. The largest absolute Gasteiger partial charge is 0.493 e. The number of hydrogen-bond acceptors (Lipinski definition) is 6. The van der Waals surface area contributed by atoms with E-state index in [9.17, 15) is 4.79 Å². The minimum Gasteiger partial charge on any atom is -0.493 e. The lowest BCUT2D eigenvalue weighted by Crippen LogP contribution is -2.51. The molecule has 1 aromatic carbocycles. The van der Waals surface area contributed by atoms with Crippen molar-refractivity contribution in [2.24, 2.45) is 11.7 Å². The summed E-state index contributed by atoms with van der Waals surface area (Å²) in [5.74, 6) is 1.56. The molecule has 3 rings (SSSR count). The van der Waals surface area contributed by atoms with E-state index < -0.39 is 0 Å². The van der Waals surface area contributed by atoms with Crippen LogP contribution in [0.1, 0.15) is 40.8 Å². The zero-order valence-electron chi connectivity index (χ0n) is 16.1. The lowest BCUT2D eigenvalue weighted by atomic mass is 9.90. The van der Waals surface area contributed by atoms with Gasteiger partial charge in [0.25, 0.3) is 5.91 Å². The molecule has 27 heavy (non-hydrogen) atoms. The topological polar surface area (TPSA) is 77.7 Å². The molecule has 1 saturated heterocycles. The predicted octanol–water partition coefficient (Wildman–Crippen LogP) is 3.24. The minimum absolute atomic E-state index is 0.00280. The summed E-state index contributed by atoms with van der Waals surface area (Å²) in [7, 11) is 1.58. The Morgan fingerprint density at radius 2 is 2.22 bits per heavy atom. The van der Waals surface area contributed by atoms with E-state index in [0.29, 0.717) is 36.1 Å². The Hall–Kier alpha value is -2.12. The van der Waals surface area contributed by atoms with E-state index in [2.05, 4.69) is 11.9 Å². The minimum atomic E-state index is -0.00280. The molecular formula is C20H27N3O3S. The highest BCUT2D eigenvalue weighted by Crippen LogP contribution is 2.31. The summed E-state index contributed by atoms with van der Waals surface area (Å²) in [6.07, 6.45) is 2.12. The molecule has 2 atom stereocenters. The van der Waals surface area contributed by atoms with Crippen LogP contribution in [0.3, 0.4) is 0 Å². The van der Waals surface area contributed by atoms with Crippen LogP contribution in [0.2, 0.25) is 0 Å². The van der Waals surface area contributed by atoms with Crippen molar-refractivity contribution in [2.45, 2.75) is 39.3 Å². The molecule has 6 nitrogen and oxygen atoms in total. The van der Waals surface area contributed by atoms with Gasteiger partial charge in [0, 0.05) is 30.1 Å². The van der Waals surface area contributed by atoms with Crippen molar-refractivity contribution in [3.63, 3.8) is 0 Å². The van der Waals surface area contributed by atoms with Crippen LogP contribution in [0.4, 0.5) is 0 Å². The molecule has 7 heteroatoms. The van der Waals surface area contributed by atoms with Gasteiger partial charge in [0.1, 0.15) is 6.61 Å². The highest BCUT2D eigenvalue weighted by molar-refractivity contribution is 7.09. The summed E-state index contributed by atoms with van der Waals surface area (Å²) in [6, 6.07) is 5.41. The van der Waals surface area contributed by atoms with Gasteiger partial charge in [-0.2, -0.15) is 0 Å². The number of thiazole rings is 1. The third-order valence-corrected chi connectivity index (χ3v) is 5.89. The van der Waals surface area contributed by atoms with Crippen LogP contribution >= 0.6 is 11.3 Å². The first-order valence-corrected chi connectivity index (χ1v) is 10.1. The van der Waals surface area contributed by atoms with Gasteiger partial charge < -0.3 is 20.1 Å². The molecule has 2 aromatic rings. The van der Waals surface area contributed by atoms with E-state index in [1.165, 1.54) is 0 Å². The lowest BCUT2D eigenvalue weighted by molar-refractivity contribution is 0.0532. The monoisotopic (exact) mass is 389 g/mol. The number of ether oxygens (including phenoxy) is 2. The second kappa shape index (κ2) is 8.71. The van der Waals surface area contributed by atoms with Gasteiger partial charge in [-0.1, -0.05) is 6.92 Å². The maximum absolute atomic E-state index is 13.0. The molecule has 0 spiro atoms. The van der Waals surface area contributed by atoms with E-state index in [1.807, 2.05) is 17.2 Å². The van der Waals surface area contributed by atoms with Crippen molar-refractivity contribution in [1.29, 1.82) is 0 Å². The summed E-state index contributed by atoms with van der Waals surface area (Å²) in [5, 5.41) is 2.98. The van der Waals surface area contributed by atoms with Crippen molar-refractivity contribution in [1.82, 2.24) is 9.88 Å². The SMILES string of the molecule is COc1cc(C(=O)N2CCCC(C)C2CN)ccc1OCc1csc(C)n1. The summed E-state index contributed by atoms with van der Waals surface area (Å²) < 4.78 is 11.3. The third kappa shape index (κ3) is 4.42. The van der Waals surface area contributed by atoms with Crippen LogP contribution in [0.25, 0.3) is 0 Å². The van der Waals surface area contributed by atoms with Crippen molar-refractivity contribution in [3.8, 4) is 11.5 Å². The second-order valence-electron chi connectivity index (χ2n) is 6.93. The summed E-state index contributed by atoms with van der Waals surface area (Å²) in [5.41, 5.74) is 7.41. The quantitative estimate of drug-likeness (QED) is 0.821. The average Bonchev–Trinajstić information content (AvgIpc) is 3.10. The van der Waals surface area contributed by atoms with Crippen LogP contribution in [-0.2, 0) is 6.61 Å². The number of amides is 1. The number of benzene rings is 1. The van der Waals surface area contributed by atoms with Crippen molar-refractivity contribution < 1.29 is 14.3 Å². The van der Waals surface area contributed by atoms with Crippen molar-refractivity contribution >= 4 is 17.2 Å². The number of aryl methyl sites for hydroxylation is 1. The molecule has 1 amide bonds. The second-order valence-corrected chi connectivity index (χ2v) is 8.00. The van der Waals surface area contributed by atoms with Gasteiger partial charge in [0.05, 0.1) is 17.8 Å². The Morgan fingerprint density at radius 3 is 2.89 bits per heavy atom. The third-order valence-electron chi connectivity index (χ3n) is 5.07. The first-order valence-electron chi connectivity index (χ1n) is 9.26. The molecule has 1 fully saturated rings. The highest BCUT2D eigenvalue weighted by Gasteiger charge is 2.31. The van der Waals surface area contributed by atoms with Gasteiger partial charge in [0.2, 0.25) is 0 Å². The van der Waals surface area contributed by atoms with Crippen LogP contribution in [0, 0.1) is 12.8 Å². The van der Waals surface area contributed by atoms with Gasteiger partial charge in [-0.3, -0.25) is 4.79 Å². The molecule has 0 saturated carbocycles. The van der Waals surface area contributed by atoms with E-state index in [1.54, 1.807) is 36.6 Å². The number of carbonyl (C=O) groups excluding carboxylic acids is 1. The standard InChI is InChI=1S/C20H27N3O3S/c1-13-5-4-8-23(17(13)10-21)20(24)15-6-7-18(19(9-15)25-3)26-11-16-12-27-14(2)22-16/h6-7,9,12-13,17H,4-5,8,10-11,21H2,1-3H3. The molecule has 2 N–H and O–H groups in total. The number of hydrogen-bond donors (Lipinski definition) is 1. The van der Waals surface area contributed by atoms with Gasteiger partial charge in [-0.05, 0) is 43.9 Å². The number of methoxy groups -OCH3 is 1.